The Hall–Kier alpha value is -1.49. The molecule has 1 aromatic carbocycles. The minimum absolute atomic E-state index is 0.216. The quantitative estimate of drug-likeness (QED) is 0.709. The highest BCUT2D eigenvalue weighted by molar-refractivity contribution is 5.84. The topological polar surface area (TPSA) is 65.4 Å². The fraction of sp³-hybridized carbons (Fsp3) is 0.308. The molecule has 0 aliphatic carbocycles. The van der Waals surface area contributed by atoms with Gasteiger partial charge < -0.3 is 15.5 Å². The van der Waals surface area contributed by atoms with Crippen molar-refractivity contribution in [2.24, 2.45) is 0 Å². The zero-order valence-corrected chi connectivity index (χ0v) is 9.50. The van der Waals surface area contributed by atoms with Gasteiger partial charge in [-0.1, -0.05) is 18.2 Å². The van der Waals surface area contributed by atoms with E-state index in [2.05, 4.69) is 10.3 Å². The normalized spacial score (nSPS) is 12.8. The van der Waals surface area contributed by atoms with E-state index in [1.807, 2.05) is 30.5 Å². The average Bonchev–Trinajstić information content (AvgIpc) is 2.39. The Bertz CT molecular complexity index is 482. The smallest absolute Gasteiger partial charge is 0.0895 e. The van der Waals surface area contributed by atoms with Gasteiger partial charge in [-0.2, -0.15) is 0 Å². The minimum atomic E-state index is -0.702. The zero-order valence-electron chi connectivity index (χ0n) is 9.50. The largest absolute Gasteiger partial charge is 0.394 e. The summed E-state index contributed by atoms with van der Waals surface area (Å²) in [6, 6.07) is 8.04. The molecule has 90 valence electrons. The van der Waals surface area contributed by atoms with Crippen molar-refractivity contribution >= 4 is 10.8 Å². The first kappa shape index (κ1) is 12.0. The van der Waals surface area contributed by atoms with Crippen LogP contribution in [0, 0.1) is 0 Å². The van der Waals surface area contributed by atoms with Crippen molar-refractivity contribution in [1.82, 2.24) is 10.3 Å². The molecule has 1 heterocycles. The van der Waals surface area contributed by atoms with Crippen LogP contribution in [0.5, 0.6) is 0 Å². The van der Waals surface area contributed by atoms with Crippen molar-refractivity contribution in [3.63, 3.8) is 0 Å². The molecule has 1 atom stereocenters. The van der Waals surface area contributed by atoms with E-state index >= 15 is 0 Å². The molecule has 17 heavy (non-hydrogen) atoms. The van der Waals surface area contributed by atoms with Crippen molar-refractivity contribution in [2.45, 2.75) is 12.6 Å². The minimum Gasteiger partial charge on any atom is -0.394 e. The molecule has 0 saturated heterocycles. The molecule has 2 aromatic rings. The van der Waals surface area contributed by atoms with Crippen LogP contribution in [-0.2, 0) is 6.54 Å². The Morgan fingerprint density at radius 2 is 2.18 bits per heavy atom. The van der Waals surface area contributed by atoms with Gasteiger partial charge in [0.05, 0.1) is 12.7 Å². The molecular formula is C13H16N2O2. The summed E-state index contributed by atoms with van der Waals surface area (Å²) in [5.41, 5.74) is 1.16. The lowest BCUT2D eigenvalue weighted by molar-refractivity contribution is 0.0942. The SMILES string of the molecule is OCC(O)CNCc1cccc2cnccc12. The number of nitrogens with one attached hydrogen (secondary N) is 1. The number of aromatic nitrogens is 1. The molecule has 1 unspecified atom stereocenters. The van der Waals surface area contributed by atoms with Crippen LogP contribution in [0.15, 0.2) is 36.7 Å². The third kappa shape index (κ3) is 3.00. The molecule has 0 aliphatic heterocycles. The Morgan fingerprint density at radius 1 is 1.29 bits per heavy atom. The average molecular weight is 232 g/mol. The third-order valence-corrected chi connectivity index (χ3v) is 2.68. The summed E-state index contributed by atoms with van der Waals surface area (Å²) in [5, 5.41) is 23.3. The van der Waals surface area contributed by atoms with Crippen molar-refractivity contribution in [3.8, 4) is 0 Å². The molecule has 0 saturated carbocycles. The maximum atomic E-state index is 9.23. The monoisotopic (exact) mass is 232 g/mol. The molecule has 0 amide bonds. The van der Waals surface area contributed by atoms with Crippen LogP contribution in [0.2, 0.25) is 0 Å². The fourth-order valence-electron chi connectivity index (χ4n) is 1.78. The predicted molar refractivity (Wildman–Crippen MR) is 66.5 cm³/mol. The number of rotatable bonds is 5. The molecule has 1 aromatic heterocycles. The number of pyridine rings is 1. The summed E-state index contributed by atoms with van der Waals surface area (Å²) >= 11 is 0. The highest BCUT2D eigenvalue weighted by Gasteiger charge is 2.03. The number of benzene rings is 1. The van der Waals surface area contributed by atoms with Crippen molar-refractivity contribution in [2.75, 3.05) is 13.2 Å². The number of fused-ring (bicyclic) bond motifs is 1. The Kier molecular flexibility index (Phi) is 4.03. The van der Waals surface area contributed by atoms with E-state index in [0.29, 0.717) is 13.1 Å². The third-order valence-electron chi connectivity index (χ3n) is 2.68. The fourth-order valence-corrected chi connectivity index (χ4v) is 1.78. The molecule has 0 spiro atoms. The van der Waals surface area contributed by atoms with E-state index in [9.17, 15) is 5.11 Å². The van der Waals surface area contributed by atoms with Crippen molar-refractivity contribution in [1.29, 1.82) is 0 Å². The van der Waals surface area contributed by atoms with E-state index in [0.717, 1.165) is 16.3 Å². The second-order valence-corrected chi connectivity index (χ2v) is 3.98. The molecule has 4 heteroatoms. The zero-order chi connectivity index (χ0) is 12.1. The van der Waals surface area contributed by atoms with Crippen molar-refractivity contribution in [3.05, 3.63) is 42.2 Å². The lowest BCUT2D eigenvalue weighted by atomic mass is 10.1. The van der Waals surface area contributed by atoms with Gasteiger partial charge in [-0.15, -0.1) is 0 Å². The summed E-state index contributed by atoms with van der Waals surface area (Å²) in [6.07, 6.45) is 2.90. The number of aliphatic hydroxyl groups is 2. The van der Waals surface area contributed by atoms with E-state index in [-0.39, 0.29) is 6.61 Å². The Labute approximate surface area is 99.9 Å². The molecule has 4 nitrogen and oxygen atoms in total. The van der Waals surface area contributed by atoms with Crippen LogP contribution < -0.4 is 5.32 Å². The predicted octanol–water partition coefficient (Wildman–Crippen LogP) is 0.678. The lowest BCUT2D eigenvalue weighted by Crippen LogP contribution is -2.28. The summed E-state index contributed by atoms with van der Waals surface area (Å²) in [7, 11) is 0. The molecule has 0 radical (unpaired) electrons. The molecule has 2 rings (SSSR count). The second kappa shape index (κ2) is 5.72. The van der Waals surface area contributed by atoms with Crippen LogP contribution in [0.25, 0.3) is 10.8 Å². The highest BCUT2D eigenvalue weighted by atomic mass is 16.3. The highest BCUT2D eigenvalue weighted by Crippen LogP contribution is 2.16. The molecule has 0 bridgehead atoms. The molecular weight excluding hydrogens is 216 g/mol. The van der Waals surface area contributed by atoms with E-state index in [4.69, 9.17) is 5.11 Å². The summed E-state index contributed by atoms with van der Waals surface area (Å²) in [5.74, 6) is 0. The van der Waals surface area contributed by atoms with Gasteiger partial charge in [0.15, 0.2) is 0 Å². The van der Waals surface area contributed by atoms with Crippen LogP contribution in [0.4, 0.5) is 0 Å². The van der Waals surface area contributed by atoms with Gasteiger partial charge in [-0.3, -0.25) is 4.98 Å². The van der Waals surface area contributed by atoms with E-state index in [1.54, 1.807) is 6.20 Å². The summed E-state index contributed by atoms with van der Waals surface area (Å²) < 4.78 is 0. The maximum Gasteiger partial charge on any atom is 0.0895 e. The summed E-state index contributed by atoms with van der Waals surface area (Å²) in [4.78, 5) is 4.08. The van der Waals surface area contributed by atoms with Crippen molar-refractivity contribution < 1.29 is 10.2 Å². The number of aliphatic hydroxyl groups excluding tert-OH is 2. The van der Waals surface area contributed by atoms with Gasteiger partial charge in [-0.25, -0.2) is 0 Å². The number of hydrogen-bond donors (Lipinski definition) is 3. The van der Waals surface area contributed by atoms with Crippen LogP contribution in [-0.4, -0.2) is 34.5 Å². The molecule has 0 fully saturated rings. The van der Waals surface area contributed by atoms with E-state index in [1.165, 1.54) is 0 Å². The maximum absolute atomic E-state index is 9.23. The summed E-state index contributed by atoms with van der Waals surface area (Å²) in [6.45, 7) is 0.836. The first-order valence-electron chi connectivity index (χ1n) is 5.62. The first-order chi connectivity index (χ1) is 8.31. The van der Waals surface area contributed by atoms with Gasteiger partial charge >= 0.3 is 0 Å². The number of nitrogens with zero attached hydrogens (tertiary/aromatic N) is 1. The molecule has 0 aliphatic rings. The van der Waals surface area contributed by atoms with Crippen LogP contribution in [0.3, 0.4) is 0 Å². The van der Waals surface area contributed by atoms with Gasteiger partial charge in [0, 0.05) is 30.9 Å². The molecule has 3 N–H and O–H groups in total. The van der Waals surface area contributed by atoms with Crippen LogP contribution >= 0.6 is 0 Å². The van der Waals surface area contributed by atoms with Gasteiger partial charge in [0.25, 0.3) is 0 Å². The van der Waals surface area contributed by atoms with Crippen LogP contribution in [0.1, 0.15) is 5.56 Å². The Balaban J connectivity index is 2.08. The lowest BCUT2D eigenvalue weighted by Gasteiger charge is -2.10. The first-order valence-corrected chi connectivity index (χ1v) is 5.62. The Morgan fingerprint density at radius 3 is 3.00 bits per heavy atom. The van der Waals surface area contributed by atoms with Gasteiger partial charge in [0.1, 0.15) is 0 Å². The van der Waals surface area contributed by atoms with Gasteiger partial charge in [0.2, 0.25) is 0 Å². The van der Waals surface area contributed by atoms with Gasteiger partial charge in [-0.05, 0) is 17.0 Å². The van der Waals surface area contributed by atoms with E-state index < -0.39 is 6.10 Å². The standard InChI is InChI=1S/C13H16N2O2/c16-9-12(17)8-15-7-11-3-1-2-10-6-14-5-4-13(10)11/h1-6,12,15-17H,7-9H2. The second-order valence-electron chi connectivity index (χ2n) is 3.98. The number of hydrogen-bond acceptors (Lipinski definition) is 4.